The van der Waals surface area contributed by atoms with Crippen molar-refractivity contribution in [2.45, 2.75) is 58.8 Å². The molecule has 0 spiro atoms. The third-order valence-corrected chi connectivity index (χ3v) is 4.72. The number of rotatable bonds is 9. The van der Waals surface area contributed by atoms with E-state index in [9.17, 15) is 4.79 Å². The number of esters is 1. The maximum absolute atomic E-state index is 12.0. The standard InChI is InChI=1S/C14H29NO2S/c1-7-15-14(6,13(16)17-8-2)9-10-18-12(5)11(3)4/h11-12,15H,7-10H2,1-6H3. The van der Waals surface area contributed by atoms with Gasteiger partial charge < -0.3 is 10.1 Å². The number of nitrogens with one attached hydrogen (secondary N) is 1. The molecule has 4 heteroatoms. The molecule has 0 saturated heterocycles. The molecule has 2 atom stereocenters. The molecule has 2 unspecified atom stereocenters. The Morgan fingerprint density at radius 2 is 1.94 bits per heavy atom. The Bertz CT molecular complexity index is 246. The summed E-state index contributed by atoms with van der Waals surface area (Å²) in [5.74, 6) is 1.51. The monoisotopic (exact) mass is 275 g/mol. The van der Waals surface area contributed by atoms with Crippen molar-refractivity contribution >= 4 is 17.7 Å². The van der Waals surface area contributed by atoms with E-state index >= 15 is 0 Å². The minimum atomic E-state index is -0.547. The molecule has 3 nitrogen and oxygen atoms in total. The van der Waals surface area contributed by atoms with Gasteiger partial charge >= 0.3 is 5.97 Å². The van der Waals surface area contributed by atoms with E-state index in [-0.39, 0.29) is 5.97 Å². The second-order valence-corrected chi connectivity index (χ2v) is 6.64. The summed E-state index contributed by atoms with van der Waals surface area (Å²) >= 11 is 1.92. The normalized spacial score (nSPS) is 16.4. The van der Waals surface area contributed by atoms with Gasteiger partial charge in [0.1, 0.15) is 5.54 Å². The van der Waals surface area contributed by atoms with Gasteiger partial charge in [0.15, 0.2) is 0 Å². The van der Waals surface area contributed by atoms with Crippen molar-refractivity contribution in [3.05, 3.63) is 0 Å². The number of hydrogen-bond acceptors (Lipinski definition) is 4. The fourth-order valence-corrected chi connectivity index (χ4v) is 2.87. The number of thioether (sulfide) groups is 1. The summed E-state index contributed by atoms with van der Waals surface area (Å²) < 4.78 is 5.15. The number of ether oxygens (including phenoxy) is 1. The van der Waals surface area contributed by atoms with E-state index in [1.807, 2.05) is 32.5 Å². The molecule has 0 bridgehead atoms. The zero-order valence-electron chi connectivity index (χ0n) is 12.7. The predicted molar refractivity (Wildman–Crippen MR) is 80.1 cm³/mol. The van der Waals surface area contributed by atoms with Crippen molar-refractivity contribution in [2.24, 2.45) is 5.92 Å². The van der Waals surface area contributed by atoms with Gasteiger partial charge in [-0.3, -0.25) is 4.79 Å². The van der Waals surface area contributed by atoms with Gasteiger partial charge in [-0.25, -0.2) is 0 Å². The molecule has 0 radical (unpaired) electrons. The second-order valence-electron chi connectivity index (χ2n) is 5.15. The topological polar surface area (TPSA) is 38.3 Å². The molecule has 0 fully saturated rings. The van der Waals surface area contributed by atoms with E-state index in [0.717, 1.165) is 18.7 Å². The van der Waals surface area contributed by atoms with Crippen molar-refractivity contribution in [2.75, 3.05) is 18.9 Å². The average Bonchev–Trinajstić information content (AvgIpc) is 2.29. The first-order valence-corrected chi connectivity index (χ1v) is 7.96. The molecule has 0 aromatic carbocycles. The molecule has 0 amide bonds. The number of carbonyl (C=O) groups is 1. The zero-order chi connectivity index (χ0) is 14.2. The Labute approximate surface area is 116 Å². The van der Waals surface area contributed by atoms with Crippen molar-refractivity contribution in [3.63, 3.8) is 0 Å². The van der Waals surface area contributed by atoms with Gasteiger partial charge in [-0.15, -0.1) is 0 Å². The Kier molecular flexibility index (Phi) is 8.70. The molecule has 0 saturated carbocycles. The van der Waals surface area contributed by atoms with Crippen LogP contribution < -0.4 is 5.32 Å². The lowest BCUT2D eigenvalue weighted by Gasteiger charge is -2.28. The second kappa shape index (κ2) is 8.81. The molecular formula is C14H29NO2S. The van der Waals surface area contributed by atoms with Crippen LogP contribution in [0.2, 0.25) is 0 Å². The van der Waals surface area contributed by atoms with Gasteiger partial charge in [0.25, 0.3) is 0 Å². The number of carbonyl (C=O) groups excluding carboxylic acids is 1. The first-order chi connectivity index (χ1) is 8.37. The van der Waals surface area contributed by atoms with Crippen LogP contribution in [-0.2, 0) is 9.53 Å². The Hall–Kier alpha value is -0.220. The summed E-state index contributed by atoms with van der Waals surface area (Å²) in [6.07, 6.45) is 0.807. The van der Waals surface area contributed by atoms with E-state index < -0.39 is 5.54 Å². The molecule has 0 heterocycles. The van der Waals surface area contributed by atoms with E-state index in [4.69, 9.17) is 4.74 Å². The summed E-state index contributed by atoms with van der Waals surface area (Å²) in [7, 11) is 0. The first kappa shape index (κ1) is 17.8. The van der Waals surface area contributed by atoms with Crippen LogP contribution in [0.5, 0.6) is 0 Å². The van der Waals surface area contributed by atoms with Crippen molar-refractivity contribution in [1.29, 1.82) is 0 Å². The third kappa shape index (κ3) is 6.10. The molecule has 0 aliphatic rings. The Morgan fingerprint density at radius 1 is 1.33 bits per heavy atom. The van der Waals surface area contributed by atoms with E-state index in [1.165, 1.54) is 0 Å². The van der Waals surface area contributed by atoms with Crippen molar-refractivity contribution in [1.82, 2.24) is 5.32 Å². The van der Waals surface area contributed by atoms with Gasteiger partial charge in [0.2, 0.25) is 0 Å². The quantitative estimate of drug-likeness (QED) is 0.656. The lowest BCUT2D eigenvalue weighted by Crippen LogP contribution is -2.50. The molecule has 18 heavy (non-hydrogen) atoms. The minimum Gasteiger partial charge on any atom is -0.465 e. The summed E-state index contributed by atoms with van der Waals surface area (Å²) in [5.41, 5.74) is -0.547. The SMILES string of the molecule is CCNC(C)(CCSC(C)C(C)C)C(=O)OCC. The maximum Gasteiger partial charge on any atom is 0.326 e. The van der Waals surface area contributed by atoms with Gasteiger partial charge in [0, 0.05) is 5.25 Å². The van der Waals surface area contributed by atoms with E-state index in [1.54, 1.807) is 0 Å². The molecule has 0 aliphatic carbocycles. The van der Waals surface area contributed by atoms with Crippen LogP contribution in [0.15, 0.2) is 0 Å². The highest BCUT2D eigenvalue weighted by molar-refractivity contribution is 7.99. The fraction of sp³-hybridized carbons (Fsp3) is 0.929. The van der Waals surface area contributed by atoms with E-state index in [2.05, 4.69) is 26.1 Å². The summed E-state index contributed by atoms with van der Waals surface area (Å²) in [6.45, 7) is 13.7. The van der Waals surface area contributed by atoms with Crippen LogP contribution in [-0.4, -0.2) is 35.7 Å². The van der Waals surface area contributed by atoms with Crippen molar-refractivity contribution < 1.29 is 9.53 Å². The lowest BCUT2D eigenvalue weighted by molar-refractivity contribution is -0.150. The van der Waals surface area contributed by atoms with Crippen LogP contribution in [0.4, 0.5) is 0 Å². The molecule has 0 rings (SSSR count). The highest BCUT2D eigenvalue weighted by Gasteiger charge is 2.33. The zero-order valence-corrected chi connectivity index (χ0v) is 13.5. The van der Waals surface area contributed by atoms with Gasteiger partial charge in [-0.1, -0.05) is 27.7 Å². The average molecular weight is 275 g/mol. The van der Waals surface area contributed by atoms with Crippen LogP contribution in [0.25, 0.3) is 0 Å². The smallest absolute Gasteiger partial charge is 0.326 e. The first-order valence-electron chi connectivity index (χ1n) is 6.91. The van der Waals surface area contributed by atoms with Crippen molar-refractivity contribution in [3.8, 4) is 0 Å². The molecular weight excluding hydrogens is 246 g/mol. The molecule has 0 aromatic rings. The largest absolute Gasteiger partial charge is 0.465 e. The lowest BCUT2D eigenvalue weighted by atomic mass is 9.99. The Morgan fingerprint density at radius 3 is 2.39 bits per heavy atom. The number of hydrogen-bond donors (Lipinski definition) is 1. The van der Waals surface area contributed by atoms with Crippen LogP contribution in [0, 0.1) is 5.92 Å². The molecule has 0 aromatic heterocycles. The third-order valence-electron chi connectivity index (χ3n) is 3.21. The molecule has 1 N–H and O–H groups in total. The van der Waals surface area contributed by atoms with Crippen LogP contribution >= 0.6 is 11.8 Å². The fourth-order valence-electron chi connectivity index (χ4n) is 1.58. The van der Waals surface area contributed by atoms with Gasteiger partial charge in [-0.2, -0.15) is 11.8 Å². The number of likely N-dealkylation sites (N-methyl/N-ethyl adjacent to an activating group) is 1. The predicted octanol–water partition coefficient (Wildman–Crippen LogP) is 3.09. The molecule has 0 aliphatic heterocycles. The summed E-state index contributed by atoms with van der Waals surface area (Å²) in [5, 5.41) is 3.88. The van der Waals surface area contributed by atoms with Gasteiger partial charge in [0.05, 0.1) is 6.61 Å². The highest BCUT2D eigenvalue weighted by atomic mass is 32.2. The van der Waals surface area contributed by atoms with Crippen LogP contribution in [0.3, 0.4) is 0 Å². The minimum absolute atomic E-state index is 0.135. The maximum atomic E-state index is 12.0. The highest BCUT2D eigenvalue weighted by Crippen LogP contribution is 2.23. The van der Waals surface area contributed by atoms with E-state index in [0.29, 0.717) is 17.8 Å². The Balaban J connectivity index is 4.30. The summed E-state index contributed by atoms with van der Waals surface area (Å²) in [6, 6.07) is 0. The molecule has 108 valence electrons. The van der Waals surface area contributed by atoms with Gasteiger partial charge in [-0.05, 0) is 38.5 Å². The summed E-state index contributed by atoms with van der Waals surface area (Å²) in [4.78, 5) is 12.0. The van der Waals surface area contributed by atoms with Crippen LogP contribution in [0.1, 0.15) is 48.0 Å².